The van der Waals surface area contributed by atoms with Crippen LogP contribution in [0.1, 0.15) is 49.7 Å². The smallest absolute Gasteiger partial charge is 0.382 e. The van der Waals surface area contributed by atoms with Crippen LogP contribution >= 0.6 is 0 Å². The molecule has 0 bridgehead atoms. The second-order valence-electron chi connectivity index (χ2n) is 10.7. The van der Waals surface area contributed by atoms with Crippen LogP contribution in [0.25, 0.3) is 0 Å². The quantitative estimate of drug-likeness (QED) is 0.193. The molecule has 1 amide bonds. The first kappa shape index (κ1) is 32.8. The standard InChI is InChI=1S/C27H29F6N5O6/c28-26(29,30)21-13-18(3-7-23(21)37(40)41)34-16-1-5-20(6-2-16)44-15-25(39)35-17-9-11-36(12-10-17)19-4-8-24(38(42)43)22(14-19)27(31,32)33/h3-4,7-8,13-14,16-17,20,34H,1-2,5-6,9-12,15H2,(H,35,39). The van der Waals surface area contributed by atoms with Crippen molar-refractivity contribution < 1.29 is 45.7 Å². The van der Waals surface area contributed by atoms with Gasteiger partial charge in [-0.3, -0.25) is 25.0 Å². The molecule has 0 radical (unpaired) electrons. The molecule has 1 saturated carbocycles. The molecule has 17 heteroatoms. The highest BCUT2D eigenvalue weighted by atomic mass is 19.4. The van der Waals surface area contributed by atoms with Crippen LogP contribution in [0.2, 0.25) is 0 Å². The van der Waals surface area contributed by atoms with Crippen molar-refractivity contribution in [1.82, 2.24) is 5.32 Å². The van der Waals surface area contributed by atoms with Crippen molar-refractivity contribution in [3.05, 3.63) is 67.8 Å². The summed E-state index contributed by atoms with van der Waals surface area (Å²) in [6.07, 6.45) is -6.95. The molecule has 0 unspecified atom stereocenters. The van der Waals surface area contributed by atoms with Gasteiger partial charge in [-0.2, -0.15) is 26.3 Å². The molecule has 0 aromatic heterocycles. The lowest BCUT2D eigenvalue weighted by molar-refractivity contribution is -0.388. The maximum atomic E-state index is 13.3. The first-order chi connectivity index (χ1) is 20.6. The van der Waals surface area contributed by atoms with Crippen molar-refractivity contribution in [2.45, 2.75) is 69.1 Å². The minimum atomic E-state index is -4.88. The number of halogens is 6. The molecular formula is C27H29F6N5O6. The largest absolute Gasteiger partial charge is 0.423 e. The molecule has 1 heterocycles. The van der Waals surface area contributed by atoms with Crippen molar-refractivity contribution in [3.8, 4) is 0 Å². The summed E-state index contributed by atoms with van der Waals surface area (Å²) in [6.45, 7) is 0.450. The SMILES string of the molecule is O=C(COC1CCC(Nc2ccc([N+](=O)[O-])c(C(F)(F)F)c2)CC1)NC1CCN(c2ccc([N+](=O)[O-])c(C(F)(F)F)c2)CC1. The highest BCUT2D eigenvalue weighted by Crippen LogP contribution is 2.39. The van der Waals surface area contributed by atoms with E-state index >= 15 is 0 Å². The molecule has 1 aliphatic heterocycles. The Morgan fingerprint density at radius 2 is 1.36 bits per heavy atom. The van der Waals surface area contributed by atoms with Crippen LogP contribution in [0.3, 0.4) is 0 Å². The van der Waals surface area contributed by atoms with Gasteiger partial charge < -0.3 is 20.3 Å². The normalized spacial score (nSPS) is 19.8. The fraction of sp³-hybridized carbons (Fsp3) is 0.519. The van der Waals surface area contributed by atoms with Gasteiger partial charge in [-0.25, -0.2) is 0 Å². The molecule has 44 heavy (non-hydrogen) atoms. The molecule has 2 aromatic rings. The predicted molar refractivity (Wildman–Crippen MR) is 145 cm³/mol. The second-order valence-corrected chi connectivity index (χ2v) is 10.7. The minimum Gasteiger partial charge on any atom is -0.382 e. The average molecular weight is 634 g/mol. The number of nitrogens with one attached hydrogen (secondary N) is 2. The van der Waals surface area contributed by atoms with Crippen molar-refractivity contribution in [2.24, 2.45) is 0 Å². The zero-order valence-electron chi connectivity index (χ0n) is 23.1. The van der Waals surface area contributed by atoms with Crippen LogP contribution in [-0.2, 0) is 21.9 Å². The van der Waals surface area contributed by atoms with Gasteiger partial charge in [-0.1, -0.05) is 0 Å². The Bertz CT molecular complexity index is 1370. The number of anilines is 2. The molecule has 240 valence electrons. The van der Waals surface area contributed by atoms with Gasteiger partial charge in [0.2, 0.25) is 5.91 Å². The Hall–Kier alpha value is -4.15. The Balaban J connectivity index is 1.19. The zero-order chi connectivity index (χ0) is 32.2. The van der Waals surface area contributed by atoms with Gasteiger partial charge in [-0.15, -0.1) is 0 Å². The molecule has 0 spiro atoms. The average Bonchev–Trinajstić information content (AvgIpc) is 2.96. The Morgan fingerprint density at radius 1 is 0.818 bits per heavy atom. The monoisotopic (exact) mass is 633 g/mol. The number of carbonyl (C=O) groups is 1. The molecule has 11 nitrogen and oxygen atoms in total. The van der Waals surface area contributed by atoms with E-state index in [1.54, 1.807) is 4.90 Å². The van der Waals surface area contributed by atoms with Crippen LogP contribution in [0.4, 0.5) is 49.1 Å². The van der Waals surface area contributed by atoms with Crippen molar-refractivity contribution >= 4 is 28.7 Å². The third kappa shape index (κ3) is 8.27. The maximum Gasteiger partial charge on any atom is 0.423 e. The van der Waals surface area contributed by atoms with Crippen molar-refractivity contribution in [1.29, 1.82) is 0 Å². The number of alkyl halides is 6. The van der Waals surface area contributed by atoms with E-state index in [2.05, 4.69) is 10.6 Å². The van der Waals surface area contributed by atoms with Crippen molar-refractivity contribution in [3.63, 3.8) is 0 Å². The van der Waals surface area contributed by atoms with E-state index in [9.17, 15) is 51.4 Å². The molecule has 2 aromatic carbocycles. The molecular weight excluding hydrogens is 604 g/mol. The fourth-order valence-electron chi connectivity index (χ4n) is 5.47. The number of carbonyl (C=O) groups excluding carboxylic acids is 1. The van der Waals surface area contributed by atoms with Crippen LogP contribution in [0.5, 0.6) is 0 Å². The summed E-state index contributed by atoms with van der Waals surface area (Å²) < 4.78 is 85.4. The lowest BCUT2D eigenvalue weighted by atomic mass is 9.92. The summed E-state index contributed by atoms with van der Waals surface area (Å²) in [7, 11) is 0. The highest BCUT2D eigenvalue weighted by molar-refractivity contribution is 5.77. The molecule has 2 N–H and O–H groups in total. The topological polar surface area (TPSA) is 140 Å². The summed E-state index contributed by atoms with van der Waals surface area (Å²) >= 11 is 0. The Kier molecular flexibility index (Phi) is 9.85. The number of hydrogen-bond donors (Lipinski definition) is 2. The van der Waals surface area contributed by atoms with E-state index in [0.29, 0.717) is 51.6 Å². The fourth-order valence-corrected chi connectivity index (χ4v) is 5.47. The molecule has 2 fully saturated rings. The van der Waals surface area contributed by atoms with E-state index in [4.69, 9.17) is 4.74 Å². The van der Waals surface area contributed by atoms with E-state index in [1.165, 1.54) is 12.1 Å². The lowest BCUT2D eigenvalue weighted by Gasteiger charge is -2.34. The Labute approximate surface area is 246 Å². The van der Waals surface area contributed by atoms with Crippen molar-refractivity contribution in [2.75, 3.05) is 29.9 Å². The number of piperidine rings is 1. The van der Waals surface area contributed by atoms with E-state index in [-0.39, 0.29) is 42.1 Å². The van der Waals surface area contributed by atoms with E-state index in [1.807, 2.05) is 0 Å². The highest BCUT2D eigenvalue weighted by Gasteiger charge is 2.40. The molecule has 1 saturated heterocycles. The van der Waals surface area contributed by atoms with Crippen LogP contribution in [0, 0.1) is 20.2 Å². The van der Waals surface area contributed by atoms with Gasteiger partial charge in [0.15, 0.2) is 0 Å². The predicted octanol–water partition coefficient (Wildman–Crippen LogP) is 6.07. The number of nitrogens with zero attached hydrogens (tertiary/aromatic N) is 3. The van der Waals surface area contributed by atoms with E-state index < -0.39 is 44.7 Å². The number of hydrogen-bond acceptors (Lipinski definition) is 8. The number of nitro benzene ring substituents is 2. The maximum absolute atomic E-state index is 13.3. The second kappa shape index (κ2) is 13.2. The summed E-state index contributed by atoms with van der Waals surface area (Å²) in [5, 5.41) is 27.8. The van der Waals surface area contributed by atoms with Gasteiger partial charge in [0.1, 0.15) is 17.7 Å². The Morgan fingerprint density at radius 3 is 1.91 bits per heavy atom. The molecule has 1 aliphatic carbocycles. The summed E-state index contributed by atoms with van der Waals surface area (Å²) in [4.78, 5) is 33.9. The van der Waals surface area contributed by atoms with Gasteiger partial charge >= 0.3 is 12.4 Å². The van der Waals surface area contributed by atoms with Crippen LogP contribution in [-0.4, -0.2) is 53.6 Å². The number of rotatable bonds is 9. The zero-order valence-corrected chi connectivity index (χ0v) is 23.1. The molecule has 2 aliphatic rings. The number of nitro groups is 2. The minimum absolute atomic E-state index is 0.118. The van der Waals surface area contributed by atoms with Gasteiger partial charge in [-0.05, 0) is 62.8 Å². The summed E-state index contributed by atoms with van der Waals surface area (Å²) in [5.41, 5.74) is -4.37. The number of benzene rings is 2. The third-order valence-electron chi connectivity index (χ3n) is 7.70. The molecule has 4 rings (SSSR count). The van der Waals surface area contributed by atoms with Gasteiger partial charge in [0, 0.05) is 48.7 Å². The van der Waals surface area contributed by atoms with Gasteiger partial charge in [0.05, 0.1) is 16.0 Å². The number of ether oxygens (including phenoxy) is 1. The summed E-state index contributed by atoms with van der Waals surface area (Å²) in [6, 6.07) is 5.24. The van der Waals surface area contributed by atoms with Gasteiger partial charge in [0.25, 0.3) is 11.4 Å². The van der Waals surface area contributed by atoms with Crippen LogP contribution in [0.15, 0.2) is 36.4 Å². The van der Waals surface area contributed by atoms with Crippen LogP contribution < -0.4 is 15.5 Å². The third-order valence-corrected chi connectivity index (χ3v) is 7.70. The summed E-state index contributed by atoms with van der Waals surface area (Å²) in [5.74, 6) is -0.357. The lowest BCUT2D eigenvalue weighted by Crippen LogP contribution is -2.46. The molecule has 0 atom stereocenters. The first-order valence-electron chi connectivity index (χ1n) is 13.8. The number of amides is 1. The van der Waals surface area contributed by atoms with E-state index in [0.717, 1.165) is 24.3 Å². The first-order valence-corrected chi connectivity index (χ1v) is 13.8.